The smallest absolute Gasteiger partial charge is 0.110 e. The van der Waals surface area contributed by atoms with Gasteiger partial charge in [-0.15, -0.1) is 4.91 Å². The minimum Gasteiger partial charge on any atom is -0.394 e. The summed E-state index contributed by atoms with van der Waals surface area (Å²) in [5.74, 6) is 0. The number of rotatable bonds is 6. The molecule has 13 heavy (non-hydrogen) atoms. The number of hydrogen-bond acceptors (Lipinski definition) is 6. The lowest BCUT2D eigenvalue weighted by Crippen LogP contribution is -2.44. The van der Waals surface area contributed by atoms with Crippen molar-refractivity contribution in [1.29, 1.82) is 0 Å². The van der Waals surface area contributed by atoms with Crippen molar-refractivity contribution in [3.8, 4) is 0 Å². The maximum absolute atomic E-state index is 9.87. The average Bonchev–Trinajstić information content (AvgIpc) is 2.14. The predicted octanol–water partition coefficient (Wildman–Crippen LogP) is -2.33. The Labute approximate surface area is 75.2 Å². The molecule has 0 aliphatic rings. The zero-order valence-corrected chi connectivity index (χ0v) is 7.24. The van der Waals surface area contributed by atoms with Gasteiger partial charge in [-0.1, -0.05) is 0 Å². The van der Waals surface area contributed by atoms with Gasteiger partial charge >= 0.3 is 0 Å². The first-order chi connectivity index (χ1) is 6.02. The van der Waals surface area contributed by atoms with Gasteiger partial charge in [0.25, 0.3) is 0 Å². The third-order valence-electron chi connectivity index (χ3n) is 1.57. The van der Waals surface area contributed by atoms with Gasteiger partial charge in [0.15, 0.2) is 0 Å². The van der Waals surface area contributed by atoms with Crippen LogP contribution in [0.3, 0.4) is 0 Å². The predicted molar refractivity (Wildman–Crippen MR) is 43.5 cm³/mol. The maximum Gasteiger partial charge on any atom is 0.110 e. The van der Waals surface area contributed by atoms with Gasteiger partial charge in [-0.05, 0) is 0 Å². The molecule has 0 heterocycles. The summed E-state index contributed by atoms with van der Waals surface area (Å²) >= 11 is 0. The molecule has 0 aromatic carbocycles. The highest BCUT2D eigenvalue weighted by Gasteiger charge is 2.24. The molecule has 0 rings (SSSR count). The van der Waals surface area contributed by atoms with Crippen LogP contribution in [-0.2, 0) is 0 Å². The molecule has 0 aliphatic carbocycles. The second-order valence-corrected chi connectivity index (χ2v) is 2.73. The number of aliphatic hydroxyl groups excluding tert-OH is 4. The van der Waals surface area contributed by atoms with Crippen LogP contribution in [0.25, 0.3) is 0 Å². The third kappa shape index (κ3) is 4.13. The SMILES string of the molecule is CN(C[C@@H](O)[C@@H](O)[C@H](O)CO)N=O. The highest BCUT2D eigenvalue weighted by Crippen LogP contribution is 2.01. The van der Waals surface area contributed by atoms with E-state index >= 15 is 0 Å². The van der Waals surface area contributed by atoms with Crippen LogP contribution in [0, 0.1) is 4.91 Å². The monoisotopic (exact) mass is 194 g/mol. The number of aliphatic hydroxyl groups is 4. The van der Waals surface area contributed by atoms with Crippen LogP contribution in [0.4, 0.5) is 0 Å². The Morgan fingerprint density at radius 2 is 1.85 bits per heavy atom. The van der Waals surface area contributed by atoms with E-state index in [9.17, 15) is 4.91 Å². The highest BCUT2D eigenvalue weighted by atomic mass is 16.4. The lowest BCUT2D eigenvalue weighted by atomic mass is 10.1. The van der Waals surface area contributed by atoms with E-state index in [4.69, 9.17) is 20.4 Å². The van der Waals surface area contributed by atoms with Crippen LogP contribution in [0.5, 0.6) is 0 Å². The number of nitroso groups, excluding NO2 is 1. The molecule has 78 valence electrons. The van der Waals surface area contributed by atoms with E-state index in [2.05, 4.69) is 5.29 Å². The average molecular weight is 194 g/mol. The molecule has 0 saturated carbocycles. The second kappa shape index (κ2) is 5.81. The van der Waals surface area contributed by atoms with Crippen LogP contribution in [0.1, 0.15) is 0 Å². The molecule has 7 heteroatoms. The molecule has 0 bridgehead atoms. The minimum absolute atomic E-state index is 0.207. The third-order valence-corrected chi connectivity index (χ3v) is 1.57. The molecule has 0 saturated heterocycles. The van der Waals surface area contributed by atoms with Crippen molar-refractivity contribution in [2.45, 2.75) is 18.3 Å². The van der Waals surface area contributed by atoms with Gasteiger partial charge in [0, 0.05) is 7.05 Å². The molecule has 7 nitrogen and oxygen atoms in total. The number of hydrogen-bond donors (Lipinski definition) is 4. The summed E-state index contributed by atoms with van der Waals surface area (Å²) in [6, 6.07) is 0. The van der Waals surface area contributed by atoms with Crippen molar-refractivity contribution in [1.82, 2.24) is 5.01 Å². The number of nitrogens with zero attached hydrogens (tertiary/aromatic N) is 2. The Kier molecular flexibility index (Phi) is 5.47. The van der Waals surface area contributed by atoms with Gasteiger partial charge < -0.3 is 20.4 Å². The molecule has 0 spiro atoms. The van der Waals surface area contributed by atoms with Crippen molar-refractivity contribution in [3.63, 3.8) is 0 Å². The van der Waals surface area contributed by atoms with Gasteiger partial charge in [0.2, 0.25) is 0 Å². The summed E-state index contributed by atoms with van der Waals surface area (Å²) in [6.07, 6.45) is -4.24. The van der Waals surface area contributed by atoms with E-state index < -0.39 is 24.9 Å². The molecule has 0 aromatic heterocycles. The molecule has 0 aliphatic heterocycles. The summed E-state index contributed by atoms with van der Waals surface area (Å²) in [4.78, 5) is 9.87. The standard InChI is InChI=1S/C6H14N2O5/c1-8(7-13)2-4(10)6(12)5(11)3-9/h4-6,9-12H,2-3H2,1H3/t4-,5-,6-/m1/s1. The normalized spacial score (nSPS) is 17.6. The van der Waals surface area contributed by atoms with Crippen molar-refractivity contribution >= 4 is 0 Å². The molecule has 0 unspecified atom stereocenters. The fraction of sp³-hybridized carbons (Fsp3) is 1.00. The Hall–Kier alpha value is -0.760. The van der Waals surface area contributed by atoms with E-state index in [0.717, 1.165) is 5.01 Å². The molecule has 0 amide bonds. The lowest BCUT2D eigenvalue weighted by molar-refractivity contribution is -0.0825. The van der Waals surface area contributed by atoms with Crippen LogP contribution >= 0.6 is 0 Å². The largest absolute Gasteiger partial charge is 0.394 e. The zero-order chi connectivity index (χ0) is 10.4. The molecule has 3 atom stereocenters. The summed E-state index contributed by atoms with van der Waals surface area (Å²) in [6.45, 7) is -0.863. The van der Waals surface area contributed by atoms with Crippen molar-refractivity contribution in [3.05, 3.63) is 4.91 Å². The summed E-state index contributed by atoms with van der Waals surface area (Å²) in [5.41, 5.74) is 0. The molecule has 4 N–H and O–H groups in total. The molecule has 0 radical (unpaired) electrons. The van der Waals surface area contributed by atoms with Gasteiger partial charge in [-0.25, -0.2) is 0 Å². The van der Waals surface area contributed by atoms with Gasteiger partial charge in [-0.3, -0.25) is 5.01 Å². The minimum atomic E-state index is -1.49. The molecular formula is C6H14N2O5. The van der Waals surface area contributed by atoms with Crippen LogP contribution < -0.4 is 0 Å². The van der Waals surface area contributed by atoms with Gasteiger partial charge in [0.1, 0.15) is 18.3 Å². The first-order valence-corrected chi connectivity index (χ1v) is 3.72. The van der Waals surface area contributed by atoms with E-state index in [1.807, 2.05) is 0 Å². The molecule has 0 fully saturated rings. The maximum atomic E-state index is 9.87. The van der Waals surface area contributed by atoms with Gasteiger partial charge in [0.05, 0.1) is 18.4 Å². The molecular weight excluding hydrogens is 180 g/mol. The molecule has 0 aromatic rings. The van der Waals surface area contributed by atoms with Gasteiger partial charge in [-0.2, -0.15) is 0 Å². The number of likely N-dealkylation sites (N-methyl/N-ethyl adjacent to an activating group) is 1. The first kappa shape index (κ1) is 12.2. The summed E-state index contributed by atoms with van der Waals surface area (Å²) in [7, 11) is 1.31. The Morgan fingerprint density at radius 1 is 1.31 bits per heavy atom. The summed E-state index contributed by atoms with van der Waals surface area (Å²) in [5, 5.41) is 38.9. The first-order valence-electron chi connectivity index (χ1n) is 3.72. The van der Waals surface area contributed by atoms with E-state index in [-0.39, 0.29) is 6.54 Å². The Morgan fingerprint density at radius 3 is 2.23 bits per heavy atom. The van der Waals surface area contributed by atoms with Crippen molar-refractivity contribution in [2.75, 3.05) is 20.2 Å². The van der Waals surface area contributed by atoms with Crippen LogP contribution in [0.15, 0.2) is 5.29 Å². The van der Waals surface area contributed by atoms with E-state index in [1.165, 1.54) is 7.05 Å². The lowest BCUT2D eigenvalue weighted by Gasteiger charge is -2.23. The Balaban J connectivity index is 3.94. The highest BCUT2D eigenvalue weighted by molar-refractivity contribution is 4.75. The second-order valence-electron chi connectivity index (χ2n) is 2.73. The topological polar surface area (TPSA) is 114 Å². The van der Waals surface area contributed by atoms with E-state index in [0.29, 0.717) is 0 Å². The van der Waals surface area contributed by atoms with Crippen molar-refractivity contribution < 1.29 is 20.4 Å². The summed E-state index contributed by atoms with van der Waals surface area (Å²) < 4.78 is 0. The van der Waals surface area contributed by atoms with Crippen LogP contribution in [0.2, 0.25) is 0 Å². The zero-order valence-electron chi connectivity index (χ0n) is 7.24. The Bertz CT molecular complexity index is 156. The fourth-order valence-corrected chi connectivity index (χ4v) is 0.776. The quantitative estimate of drug-likeness (QED) is 0.279. The van der Waals surface area contributed by atoms with E-state index in [1.54, 1.807) is 0 Å². The fourth-order valence-electron chi connectivity index (χ4n) is 0.776. The van der Waals surface area contributed by atoms with Crippen molar-refractivity contribution in [2.24, 2.45) is 5.29 Å². The van der Waals surface area contributed by atoms with Crippen LogP contribution in [-0.4, -0.2) is 63.9 Å².